The molecule has 0 radical (unpaired) electrons. The average molecular weight is 349 g/mol. The molecule has 0 saturated carbocycles. The Labute approximate surface area is 148 Å². The molecule has 138 valence electrons. The summed E-state index contributed by atoms with van der Waals surface area (Å²) < 4.78 is 10.6. The van der Waals surface area contributed by atoms with Gasteiger partial charge >= 0.3 is 0 Å². The van der Waals surface area contributed by atoms with Crippen molar-refractivity contribution in [1.82, 2.24) is 14.7 Å². The topological polar surface area (TPSA) is 66.2 Å². The Bertz CT molecular complexity index is 609. The molecule has 0 aromatic carbocycles. The molecule has 1 atom stereocenters. The molecular weight excluding hydrogens is 322 g/mol. The third kappa shape index (κ3) is 4.22. The fourth-order valence-electron chi connectivity index (χ4n) is 3.63. The van der Waals surface area contributed by atoms with Crippen LogP contribution in [0.3, 0.4) is 0 Å². The molecule has 2 aliphatic rings. The van der Waals surface area contributed by atoms with Crippen molar-refractivity contribution in [2.45, 2.75) is 26.3 Å². The van der Waals surface area contributed by atoms with Crippen molar-refractivity contribution in [3.05, 3.63) is 23.7 Å². The normalized spacial score (nSPS) is 21.5. The van der Waals surface area contributed by atoms with E-state index in [9.17, 15) is 9.59 Å². The molecule has 2 saturated heterocycles. The van der Waals surface area contributed by atoms with E-state index in [1.54, 1.807) is 26.2 Å². The molecule has 1 unspecified atom stereocenters. The van der Waals surface area contributed by atoms with Crippen molar-refractivity contribution in [3.63, 3.8) is 0 Å². The highest BCUT2D eigenvalue weighted by atomic mass is 16.5. The molecule has 3 heterocycles. The van der Waals surface area contributed by atoms with Crippen LogP contribution in [0.1, 0.15) is 29.5 Å². The van der Waals surface area contributed by atoms with Crippen molar-refractivity contribution in [2.75, 3.05) is 52.5 Å². The lowest BCUT2D eigenvalue weighted by molar-refractivity contribution is -0.131. The van der Waals surface area contributed by atoms with Crippen LogP contribution in [0.4, 0.5) is 0 Å². The van der Waals surface area contributed by atoms with E-state index in [0.717, 1.165) is 39.3 Å². The molecule has 3 rings (SSSR count). The summed E-state index contributed by atoms with van der Waals surface area (Å²) in [6.45, 7) is 9.59. The van der Waals surface area contributed by atoms with Crippen LogP contribution >= 0.6 is 0 Å². The number of amides is 2. The van der Waals surface area contributed by atoms with E-state index in [1.165, 1.54) is 0 Å². The quantitative estimate of drug-likeness (QED) is 0.793. The van der Waals surface area contributed by atoms with Gasteiger partial charge in [-0.15, -0.1) is 0 Å². The van der Waals surface area contributed by atoms with Crippen LogP contribution in [0.25, 0.3) is 0 Å². The lowest BCUT2D eigenvalue weighted by Gasteiger charge is -2.32. The molecule has 25 heavy (non-hydrogen) atoms. The molecule has 0 spiro atoms. The number of ether oxygens (including phenoxy) is 1. The van der Waals surface area contributed by atoms with Crippen LogP contribution in [-0.2, 0) is 9.53 Å². The zero-order valence-corrected chi connectivity index (χ0v) is 15.1. The molecule has 1 aromatic heterocycles. The van der Waals surface area contributed by atoms with Gasteiger partial charge in [-0.3, -0.25) is 14.5 Å². The lowest BCUT2D eigenvalue weighted by Crippen LogP contribution is -2.47. The molecule has 0 bridgehead atoms. The van der Waals surface area contributed by atoms with Crippen LogP contribution in [0, 0.1) is 6.92 Å². The number of nitrogens with zero attached hydrogens (tertiary/aromatic N) is 3. The molecule has 7 nitrogen and oxygen atoms in total. The molecule has 2 aliphatic heterocycles. The predicted octanol–water partition coefficient (Wildman–Crippen LogP) is 0.983. The summed E-state index contributed by atoms with van der Waals surface area (Å²) in [5.41, 5.74) is 0.614. The monoisotopic (exact) mass is 349 g/mol. The van der Waals surface area contributed by atoms with Gasteiger partial charge in [0.2, 0.25) is 5.91 Å². The second-order valence-corrected chi connectivity index (χ2v) is 6.75. The lowest BCUT2D eigenvalue weighted by atomic mass is 10.2. The highest BCUT2D eigenvalue weighted by molar-refractivity contribution is 5.95. The van der Waals surface area contributed by atoms with Crippen molar-refractivity contribution in [2.24, 2.45) is 0 Å². The SMILES string of the molecule is CC(=O)N(CCN1CCOCC1)C1CCN(C(=O)c2ccoc2C)C1. The Balaban J connectivity index is 1.56. The van der Waals surface area contributed by atoms with E-state index in [1.807, 2.05) is 9.80 Å². The number of aryl methyl sites for hydroxylation is 1. The maximum atomic E-state index is 12.6. The first-order chi connectivity index (χ1) is 12.1. The van der Waals surface area contributed by atoms with E-state index in [0.29, 0.717) is 31.0 Å². The Hall–Kier alpha value is -1.86. The Morgan fingerprint density at radius 1 is 1.28 bits per heavy atom. The average Bonchev–Trinajstić information content (AvgIpc) is 3.24. The van der Waals surface area contributed by atoms with Crippen LogP contribution in [0.2, 0.25) is 0 Å². The minimum atomic E-state index is -0.00886. The second-order valence-electron chi connectivity index (χ2n) is 6.75. The van der Waals surface area contributed by atoms with Gasteiger partial charge in [0.25, 0.3) is 5.91 Å². The fraction of sp³-hybridized carbons (Fsp3) is 0.667. The van der Waals surface area contributed by atoms with Crippen LogP contribution in [0.15, 0.2) is 16.7 Å². The van der Waals surface area contributed by atoms with Crippen molar-refractivity contribution < 1.29 is 18.7 Å². The predicted molar refractivity (Wildman–Crippen MR) is 92.4 cm³/mol. The minimum absolute atomic E-state index is 0.00886. The largest absolute Gasteiger partial charge is 0.469 e. The Kier molecular flexibility index (Phi) is 5.75. The molecule has 7 heteroatoms. The fourth-order valence-corrected chi connectivity index (χ4v) is 3.63. The zero-order chi connectivity index (χ0) is 17.8. The highest BCUT2D eigenvalue weighted by Gasteiger charge is 2.33. The van der Waals surface area contributed by atoms with Gasteiger partial charge in [-0.05, 0) is 19.4 Å². The van der Waals surface area contributed by atoms with Gasteiger partial charge in [0, 0.05) is 46.2 Å². The first-order valence-electron chi connectivity index (χ1n) is 8.97. The first-order valence-corrected chi connectivity index (χ1v) is 8.97. The molecular formula is C18H27N3O4. The maximum Gasteiger partial charge on any atom is 0.257 e. The van der Waals surface area contributed by atoms with E-state index in [-0.39, 0.29) is 17.9 Å². The highest BCUT2D eigenvalue weighted by Crippen LogP contribution is 2.20. The molecule has 1 aromatic rings. The number of hydrogen-bond donors (Lipinski definition) is 0. The van der Waals surface area contributed by atoms with E-state index >= 15 is 0 Å². The molecule has 2 fully saturated rings. The number of carbonyl (C=O) groups excluding carboxylic acids is 2. The summed E-state index contributed by atoms with van der Waals surface area (Å²) in [6, 6.07) is 1.81. The molecule has 2 amide bonds. The van der Waals surface area contributed by atoms with Crippen molar-refractivity contribution >= 4 is 11.8 Å². The first kappa shape index (κ1) is 17.9. The summed E-state index contributed by atoms with van der Waals surface area (Å²) in [6.07, 6.45) is 2.37. The minimum Gasteiger partial charge on any atom is -0.469 e. The van der Waals surface area contributed by atoms with Crippen LogP contribution in [-0.4, -0.2) is 85.0 Å². The standard InChI is InChI=1S/C18H27N3O4/c1-14-17(4-10-25-14)18(23)20-5-3-16(13-20)21(15(2)22)7-6-19-8-11-24-12-9-19/h4,10,16H,3,5-9,11-13H2,1-2H3. The summed E-state index contributed by atoms with van der Waals surface area (Å²) in [5.74, 6) is 0.710. The summed E-state index contributed by atoms with van der Waals surface area (Å²) >= 11 is 0. The Morgan fingerprint density at radius 3 is 2.68 bits per heavy atom. The van der Waals surface area contributed by atoms with Gasteiger partial charge in [-0.2, -0.15) is 0 Å². The van der Waals surface area contributed by atoms with Gasteiger partial charge in [0.1, 0.15) is 5.76 Å². The van der Waals surface area contributed by atoms with Crippen molar-refractivity contribution in [3.8, 4) is 0 Å². The number of morpholine rings is 1. The molecule has 0 aliphatic carbocycles. The zero-order valence-electron chi connectivity index (χ0n) is 15.1. The third-order valence-electron chi connectivity index (χ3n) is 5.15. The number of likely N-dealkylation sites (tertiary alicyclic amines) is 1. The van der Waals surface area contributed by atoms with Gasteiger partial charge in [-0.25, -0.2) is 0 Å². The summed E-state index contributed by atoms with van der Waals surface area (Å²) in [4.78, 5) is 30.8. The third-order valence-corrected chi connectivity index (χ3v) is 5.15. The smallest absolute Gasteiger partial charge is 0.257 e. The number of hydrogen-bond acceptors (Lipinski definition) is 5. The molecule has 0 N–H and O–H groups in total. The van der Waals surface area contributed by atoms with E-state index in [4.69, 9.17) is 9.15 Å². The summed E-state index contributed by atoms with van der Waals surface area (Å²) in [5, 5.41) is 0. The van der Waals surface area contributed by atoms with Crippen LogP contribution in [0.5, 0.6) is 0 Å². The van der Waals surface area contributed by atoms with Gasteiger partial charge in [0.05, 0.1) is 31.1 Å². The van der Waals surface area contributed by atoms with Crippen LogP contribution < -0.4 is 0 Å². The number of furan rings is 1. The van der Waals surface area contributed by atoms with Gasteiger partial charge in [-0.1, -0.05) is 0 Å². The number of rotatable bonds is 5. The van der Waals surface area contributed by atoms with Crippen molar-refractivity contribution in [1.29, 1.82) is 0 Å². The van der Waals surface area contributed by atoms with Gasteiger partial charge in [0.15, 0.2) is 0 Å². The van der Waals surface area contributed by atoms with Gasteiger partial charge < -0.3 is 19.0 Å². The number of carbonyl (C=O) groups is 2. The van der Waals surface area contributed by atoms with E-state index < -0.39 is 0 Å². The van der Waals surface area contributed by atoms with E-state index in [2.05, 4.69) is 4.90 Å². The second kappa shape index (κ2) is 8.01. The summed E-state index contributed by atoms with van der Waals surface area (Å²) in [7, 11) is 0. The Morgan fingerprint density at radius 2 is 2.04 bits per heavy atom. The maximum absolute atomic E-state index is 12.6.